The summed E-state index contributed by atoms with van der Waals surface area (Å²) >= 11 is 1.76. The first-order chi connectivity index (χ1) is 12.2. The van der Waals surface area contributed by atoms with Crippen LogP contribution in [-0.4, -0.2) is 27.1 Å². The summed E-state index contributed by atoms with van der Waals surface area (Å²) in [7, 11) is 0. The normalized spacial score (nSPS) is 13.8. The average Bonchev–Trinajstić information content (AvgIpc) is 3.27. The van der Waals surface area contributed by atoms with E-state index in [1.54, 1.807) is 34.3 Å². The van der Waals surface area contributed by atoms with Gasteiger partial charge in [-0.2, -0.15) is 5.10 Å². The van der Waals surface area contributed by atoms with Gasteiger partial charge in [0.25, 0.3) is 5.91 Å². The number of rotatable bonds is 3. The Bertz CT molecular complexity index is 913. The average molecular weight is 355 g/mol. The number of aromatic nitrogens is 2. The fourth-order valence-electron chi connectivity index (χ4n) is 3.29. The lowest BCUT2D eigenvalue weighted by molar-refractivity contribution is 0.0734. The predicted octanol–water partition coefficient (Wildman–Crippen LogP) is 3.83. The van der Waals surface area contributed by atoms with Crippen LogP contribution in [-0.2, 0) is 19.4 Å². The molecule has 0 atom stereocenters. The van der Waals surface area contributed by atoms with Crippen molar-refractivity contribution in [1.82, 2.24) is 14.7 Å². The van der Waals surface area contributed by atoms with E-state index in [-0.39, 0.29) is 11.7 Å². The van der Waals surface area contributed by atoms with Crippen molar-refractivity contribution in [3.8, 4) is 5.69 Å². The first-order valence-corrected chi connectivity index (χ1v) is 9.22. The molecule has 0 radical (unpaired) electrons. The second-order valence-corrected chi connectivity index (χ2v) is 7.09. The van der Waals surface area contributed by atoms with Crippen molar-refractivity contribution in [3.05, 3.63) is 69.4 Å². The number of carbonyl (C=O) groups excluding carboxylic acids is 1. The second kappa shape index (κ2) is 6.44. The smallest absolute Gasteiger partial charge is 0.257 e. The third-order valence-electron chi connectivity index (χ3n) is 4.60. The number of fused-ring (bicyclic) bond motifs is 1. The molecule has 128 valence electrons. The molecule has 3 aromatic rings. The van der Waals surface area contributed by atoms with E-state index in [1.165, 1.54) is 22.6 Å². The fraction of sp³-hybridized carbons (Fsp3) is 0.263. The first kappa shape index (κ1) is 16.0. The Hall–Kier alpha value is -2.47. The molecule has 4 nitrogen and oxygen atoms in total. The van der Waals surface area contributed by atoms with E-state index in [4.69, 9.17) is 0 Å². The molecule has 0 unspecified atom stereocenters. The first-order valence-electron chi connectivity index (χ1n) is 8.34. The van der Waals surface area contributed by atoms with Gasteiger partial charge in [-0.3, -0.25) is 4.79 Å². The highest BCUT2D eigenvalue weighted by molar-refractivity contribution is 7.10. The van der Waals surface area contributed by atoms with Crippen LogP contribution in [0, 0.1) is 5.82 Å². The minimum Gasteiger partial charge on any atom is -0.334 e. The molecule has 6 heteroatoms. The molecule has 3 heterocycles. The van der Waals surface area contributed by atoms with Gasteiger partial charge in [-0.1, -0.05) is 6.92 Å². The van der Waals surface area contributed by atoms with Gasteiger partial charge in [-0.05, 0) is 54.1 Å². The van der Waals surface area contributed by atoms with Crippen LogP contribution in [0.4, 0.5) is 4.39 Å². The number of halogens is 1. The Labute approximate surface area is 149 Å². The van der Waals surface area contributed by atoms with Crippen LogP contribution in [0.5, 0.6) is 0 Å². The summed E-state index contributed by atoms with van der Waals surface area (Å²) in [4.78, 5) is 16.3. The van der Waals surface area contributed by atoms with Crippen molar-refractivity contribution in [2.24, 2.45) is 0 Å². The van der Waals surface area contributed by atoms with Crippen molar-refractivity contribution < 1.29 is 9.18 Å². The number of thiophene rings is 1. The molecule has 2 aromatic heterocycles. The molecule has 1 aliphatic heterocycles. The number of nitrogens with zero attached hydrogens (tertiary/aromatic N) is 3. The maximum Gasteiger partial charge on any atom is 0.257 e. The summed E-state index contributed by atoms with van der Waals surface area (Å²) in [6, 6.07) is 8.26. The number of carbonyl (C=O) groups is 1. The number of hydrogen-bond donors (Lipinski definition) is 0. The molecule has 1 amide bonds. The molecule has 0 N–H and O–H groups in total. The maximum absolute atomic E-state index is 13.2. The van der Waals surface area contributed by atoms with Crippen LogP contribution in [0.15, 0.2) is 41.9 Å². The van der Waals surface area contributed by atoms with Crippen LogP contribution >= 0.6 is 11.3 Å². The van der Waals surface area contributed by atoms with Crippen LogP contribution in [0.3, 0.4) is 0 Å². The van der Waals surface area contributed by atoms with E-state index in [0.717, 1.165) is 24.3 Å². The maximum atomic E-state index is 13.2. The lowest BCUT2D eigenvalue weighted by atomic mass is 10.1. The summed E-state index contributed by atoms with van der Waals surface area (Å²) in [5, 5.41) is 6.47. The van der Waals surface area contributed by atoms with Gasteiger partial charge >= 0.3 is 0 Å². The molecule has 0 spiro atoms. The van der Waals surface area contributed by atoms with E-state index >= 15 is 0 Å². The standard InChI is InChI=1S/C19H18FN3OS/c1-2-17-16(11-21-23(17)15-5-3-14(20)4-6-15)19(24)22-9-7-18-13(12-22)8-10-25-18/h3-6,8,10-11H,2,7,9,12H2,1H3. The van der Waals surface area contributed by atoms with Crippen LogP contribution in [0.1, 0.15) is 33.4 Å². The molecule has 0 aliphatic carbocycles. The van der Waals surface area contributed by atoms with Crippen LogP contribution in [0.25, 0.3) is 5.69 Å². The van der Waals surface area contributed by atoms with Gasteiger partial charge in [0.15, 0.2) is 0 Å². The van der Waals surface area contributed by atoms with E-state index in [0.29, 0.717) is 18.5 Å². The van der Waals surface area contributed by atoms with Crippen molar-refractivity contribution in [2.45, 2.75) is 26.3 Å². The predicted molar refractivity (Wildman–Crippen MR) is 95.7 cm³/mol. The van der Waals surface area contributed by atoms with Crippen molar-refractivity contribution in [2.75, 3.05) is 6.54 Å². The summed E-state index contributed by atoms with van der Waals surface area (Å²) < 4.78 is 14.9. The van der Waals surface area contributed by atoms with Crippen LogP contribution < -0.4 is 0 Å². The van der Waals surface area contributed by atoms with Gasteiger partial charge in [-0.25, -0.2) is 9.07 Å². The third kappa shape index (κ3) is 2.87. The Morgan fingerprint density at radius 1 is 1.28 bits per heavy atom. The van der Waals surface area contributed by atoms with Gasteiger partial charge in [-0.15, -0.1) is 11.3 Å². The van der Waals surface area contributed by atoms with Gasteiger partial charge in [0.2, 0.25) is 0 Å². The molecule has 1 aromatic carbocycles. The largest absolute Gasteiger partial charge is 0.334 e. The minimum atomic E-state index is -0.287. The number of amides is 1. The summed E-state index contributed by atoms with van der Waals surface area (Å²) in [5.74, 6) is -0.271. The van der Waals surface area contributed by atoms with Crippen molar-refractivity contribution in [3.63, 3.8) is 0 Å². The zero-order valence-electron chi connectivity index (χ0n) is 13.9. The molecule has 0 bridgehead atoms. The van der Waals surface area contributed by atoms with Gasteiger partial charge in [0.05, 0.1) is 23.1 Å². The van der Waals surface area contributed by atoms with E-state index in [9.17, 15) is 9.18 Å². The highest BCUT2D eigenvalue weighted by Crippen LogP contribution is 2.26. The number of benzene rings is 1. The molecular formula is C19H18FN3OS. The highest BCUT2D eigenvalue weighted by Gasteiger charge is 2.26. The molecule has 25 heavy (non-hydrogen) atoms. The van der Waals surface area contributed by atoms with Crippen molar-refractivity contribution >= 4 is 17.2 Å². The van der Waals surface area contributed by atoms with Crippen molar-refractivity contribution in [1.29, 1.82) is 0 Å². The molecule has 1 aliphatic rings. The zero-order chi connectivity index (χ0) is 17.4. The molecule has 4 rings (SSSR count). The Kier molecular flexibility index (Phi) is 4.13. The quantitative estimate of drug-likeness (QED) is 0.716. The fourth-order valence-corrected chi connectivity index (χ4v) is 4.18. The topological polar surface area (TPSA) is 38.1 Å². The summed E-state index contributed by atoms with van der Waals surface area (Å²) in [6.07, 6.45) is 3.22. The van der Waals surface area contributed by atoms with Gasteiger partial charge in [0, 0.05) is 18.0 Å². The third-order valence-corrected chi connectivity index (χ3v) is 5.62. The SMILES string of the molecule is CCc1c(C(=O)N2CCc3sccc3C2)cnn1-c1ccc(F)cc1. The lowest BCUT2D eigenvalue weighted by Gasteiger charge is -2.27. The summed E-state index contributed by atoms with van der Waals surface area (Å²) in [5.41, 5.74) is 3.49. The molecule has 0 saturated heterocycles. The van der Waals surface area contributed by atoms with E-state index < -0.39 is 0 Å². The molecular weight excluding hydrogens is 337 g/mol. The van der Waals surface area contributed by atoms with Crippen LogP contribution in [0.2, 0.25) is 0 Å². The molecule has 0 saturated carbocycles. The zero-order valence-corrected chi connectivity index (χ0v) is 14.7. The molecule has 0 fully saturated rings. The summed E-state index contributed by atoms with van der Waals surface area (Å²) in [6.45, 7) is 3.39. The lowest BCUT2D eigenvalue weighted by Crippen LogP contribution is -2.35. The highest BCUT2D eigenvalue weighted by atomic mass is 32.1. The Morgan fingerprint density at radius 2 is 2.08 bits per heavy atom. The second-order valence-electron chi connectivity index (χ2n) is 6.09. The Morgan fingerprint density at radius 3 is 2.84 bits per heavy atom. The van der Waals surface area contributed by atoms with E-state index in [2.05, 4.69) is 16.5 Å². The number of hydrogen-bond acceptors (Lipinski definition) is 3. The monoisotopic (exact) mass is 355 g/mol. The Balaban J connectivity index is 1.64. The minimum absolute atomic E-state index is 0.0158. The van der Waals surface area contributed by atoms with Gasteiger partial charge in [0.1, 0.15) is 5.82 Å². The van der Waals surface area contributed by atoms with Gasteiger partial charge < -0.3 is 4.90 Å². The van der Waals surface area contributed by atoms with E-state index in [1.807, 2.05) is 11.8 Å².